The molecule has 0 bridgehead atoms. The molecule has 0 saturated carbocycles. The van der Waals surface area contributed by atoms with Crippen molar-refractivity contribution in [3.05, 3.63) is 55.5 Å². The summed E-state index contributed by atoms with van der Waals surface area (Å²) in [6.07, 6.45) is 23.3. The van der Waals surface area contributed by atoms with Crippen molar-refractivity contribution in [2.75, 3.05) is 0 Å². The van der Waals surface area contributed by atoms with Gasteiger partial charge in [-0.25, -0.2) is 0 Å². The van der Waals surface area contributed by atoms with E-state index in [2.05, 4.69) is 38.2 Å². The van der Waals surface area contributed by atoms with Crippen LogP contribution in [0.3, 0.4) is 0 Å². The Morgan fingerprint density at radius 3 is 2.58 bits per heavy atom. The fourth-order valence-corrected chi connectivity index (χ4v) is 1.56. The van der Waals surface area contributed by atoms with Gasteiger partial charge in [0, 0.05) is 0 Å². The first kappa shape index (κ1) is 17.9. The molecule has 0 aliphatic heterocycles. The average molecular weight is 261 g/mol. The Kier molecular flexibility index (Phi) is 14.1. The number of rotatable bonds is 11. The van der Waals surface area contributed by atoms with Gasteiger partial charge in [-0.05, 0) is 25.7 Å². The van der Waals surface area contributed by atoms with Crippen LogP contribution in [0.25, 0.3) is 0 Å². The molecule has 0 fully saturated rings. The van der Waals surface area contributed by atoms with E-state index in [9.17, 15) is 5.11 Å². The normalized spacial score (nSPS) is 14.5. The minimum Gasteiger partial charge on any atom is -0.389 e. The van der Waals surface area contributed by atoms with Gasteiger partial charge in [0.25, 0.3) is 0 Å². The first-order valence-electron chi connectivity index (χ1n) is 7.41. The number of aliphatic hydroxyl groups excluding tert-OH is 1. The summed E-state index contributed by atoms with van der Waals surface area (Å²) in [4.78, 5) is 0. The van der Waals surface area contributed by atoms with Crippen LogP contribution in [0.15, 0.2) is 48.6 Å². The van der Waals surface area contributed by atoms with Gasteiger partial charge in [0.2, 0.25) is 0 Å². The van der Waals surface area contributed by atoms with Gasteiger partial charge in [0.1, 0.15) is 0 Å². The van der Waals surface area contributed by atoms with Gasteiger partial charge in [0.05, 0.1) is 6.10 Å². The smallest absolute Gasteiger partial charge is 0.0758 e. The zero-order valence-electron chi connectivity index (χ0n) is 12.3. The number of allylic oxidation sites excluding steroid dienone is 6. The second-order valence-electron chi connectivity index (χ2n) is 4.55. The van der Waals surface area contributed by atoms with E-state index in [1.165, 1.54) is 12.8 Å². The second kappa shape index (κ2) is 15.0. The van der Waals surface area contributed by atoms with E-state index < -0.39 is 0 Å². The SMILES string of the molecule is [CH2-]CCCC/C=C\C/C=C\C=C\C(O)C/C=C\CC. The summed E-state index contributed by atoms with van der Waals surface area (Å²) in [5, 5.41) is 9.61. The van der Waals surface area contributed by atoms with Crippen LogP contribution in [0.5, 0.6) is 0 Å². The van der Waals surface area contributed by atoms with Gasteiger partial charge in [-0.1, -0.05) is 68.4 Å². The highest BCUT2D eigenvalue weighted by Crippen LogP contribution is 2.00. The Bertz CT molecular complexity index is 284. The molecular formula is C18H29O-. The first-order chi connectivity index (χ1) is 9.31. The van der Waals surface area contributed by atoms with Crippen molar-refractivity contribution in [3.63, 3.8) is 0 Å². The molecule has 0 amide bonds. The summed E-state index contributed by atoms with van der Waals surface area (Å²) in [5.74, 6) is 0. The van der Waals surface area contributed by atoms with Crippen LogP contribution in [0.2, 0.25) is 0 Å². The van der Waals surface area contributed by atoms with Crippen LogP contribution in [-0.2, 0) is 0 Å². The molecule has 1 heteroatoms. The molecule has 0 heterocycles. The van der Waals surface area contributed by atoms with Crippen molar-refractivity contribution in [2.45, 2.75) is 58.0 Å². The van der Waals surface area contributed by atoms with Crippen LogP contribution in [-0.4, -0.2) is 11.2 Å². The van der Waals surface area contributed by atoms with E-state index in [0.717, 1.165) is 25.7 Å². The fraction of sp³-hybridized carbons (Fsp3) is 0.500. The second-order valence-corrected chi connectivity index (χ2v) is 4.55. The maximum absolute atomic E-state index is 9.61. The molecule has 0 rings (SSSR count). The third-order valence-electron chi connectivity index (χ3n) is 2.67. The first-order valence-corrected chi connectivity index (χ1v) is 7.41. The molecule has 108 valence electrons. The fourth-order valence-electron chi connectivity index (χ4n) is 1.56. The van der Waals surface area contributed by atoms with Crippen molar-refractivity contribution < 1.29 is 5.11 Å². The zero-order chi connectivity index (χ0) is 14.2. The Morgan fingerprint density at radius 2 is 1.84 bits per heavy atom. The van der Waals surface area contributed by atoms with Gasteiger partial charge in [-0.3, -0.25) is 0 Å². The predicted octanol–water partition coefficient (Wildman–Crippen LogP) is 5.16. The van der Waals surface area contributed by atoms with Gasteiger partial charge < -0.3 is 12.0 Å². The minimum absolute atomic E-state index is 0.370. The zero-order valence-corrected chi connectivity index (χ0v) is 12.3. The van der Waals surface area contributed by atoms with Crippen LogP contribution in [0.4, 0.5) is 0 Å². The molecule has 0 aromatic heterocycles. The van der Waals surface area contributed by atoms with Crippen molar-refractivity contribution in [2.24, 2.45) is 0 Å². The van der Waals surface area contributed by atoms with Gasteiger partial charge in [-0.15, -0.1) is 0 Å². The molecule has 0 radical (unpaired) electrons. The van der Waals surface area contributed by atoms with Crippen molar-refractivity contribution in [1.82, 2.24) is 0 Å². The van der Waals surface area contributed by atoms with E-state index in [1.54, 1.807) is 0 Å². The third kappa shape index (κ3) is 14.9. The van der Waals surface area contributed by atoms with Gasteiger partial charge >= 0.3 is 0 Å². The number of unbranched alkanes of at least 4 members (excludes halogenated alkanes) is 3. The van der Waals surface area contributed by atoms with E-state index in [1.807, 2.05) is 24.3 Å². The molecule has 1 unspecified atom stereocenters. The molecule has 1 N–H and O–H groups in total. The van der Waals surface area contributed by atoms with Crippen molar-refractivity contribution >= 4 is 0 Å². The molecule has 0 aromatic rings. The molecule has 19 heavy (non-hydrogen) atoms. The van der Waals surface area contributed by atoms with Crippen LogP contribution in [0, 0.1) is 6.92 Å². The van der Waals surface area contributed by atoms with Crippen LogP contribution < -0.4 is 0 Å². The molecular weight excluding hydrogens is 232 g/mol. The average Bonchev–Trinajstić information content (AvgIpc) is 2.41. The summed E-state index contributed by atoms with van der Waals surface area (Å²) >= 11 is 0. The lowest BCUT2D eigenvalue weighted by molar-refractivity contribution is 0.227. The van der Waals surface area contributed by atoms with Crippen molar-refractivity contribution in [1.29, 1.82) is 0 Å². The highest BCUT2D eigenvalue weighted by Gasteiger charge is 1.92. The van der Waals surface area contributed by atoms with Crippen LogP contribution >= 0.6 is 0 Å². The number of aliphatic hydroxyl groups is 1. The van der Waals surface area contributed by atoms with E-state index in [0.29, 0.717) is 6.42 Å². The van der Waals surface area contributed by atoms with Crippen LogP contribution in [0.1, 0.15) is 51.9 Å². The topological polar surface area (TPSA) is 20.2 Å². The predicted molar refractivity (Wildman–Crippen MR) is 85.9 cm³/mol. The molecule has 0 saturated heterocycles. The molecule has 0 aliphatic rings. The maximum Gasteiger partial charge on any atom is 0.0758 e. The standard InChI is InChI=1S/C18H29O/c1-3-5-7-8-9-10-11-12-13-15-17-18(19)16-14-6-4-2/h6,9-10,12-15,17-19H,1,3-5,7-8,11,16H2,2H3/q-1/b10-9-,13-12-,14-6-,17-15+. The Labute approximate surface area is 119 Å². The molecule has 0 spiro atoms. The number of hydrogen-bond donors (Lipinski definition) is 1. The quantitative estimate of drug-likeness (QED) is 0.236. The Hall–Kier alpha value is -1.08. The largest absolute Gasteiger partial charge is 0.389 e. The summed E-state index contributed by atoms with van der Waals surface area (Å²) < 4.78 is 0. The molecule has 1 atom stereocenters. The van der Waals surface area contributed by atoms with Gasteiger partial charge in [-0.2, -0.15) is 6.42 Å². The Morgan fingerprint density at radius 1 is 1.00 bits per heavy atom. The Balaban J connectivity index is 3.58. The highest BCUT2D eigenvalue weighted by molar-refractivity contribution is 5.07. The number of hydrogen-bond acceptors (Lipinski definition) is 1. The van der Waals surface area contributed by atoms with Crippen molar-refractivity contribution in [3.8, 4) is 0 Å². The van der Waals surface area contributed by atoms with E-state index >= 15 is 0 Å². The lowest BCUT2D eigenvalue weighted by Crippen LogP contribution is -1.98. The summed E-state index contributed by atoms with van der Waals surface area (Å²) in [5.41, 5.74) is 0. The van der Waals surface area contributed by atoms with E-state index in [4.69, 9.17) is 0 Å². The lowest BCUT2D eigenvalue weighted by Gasteiger charge is -1.98. The monoisotopic (exact) mass is 261 g/mol. The molecule has 0 aromatic carbocycles. The molecule has 0 aliphatic carbocycles. The summed E-state index contributed by atoms with van der Waals surface area (Å²) in [7, 11) is 0. The van der Waals surface area contributed by atoms with E-state index in [-0.39, 0.29) is 6.10 Å². The highest BCUT2D eigenvalue weighted by atomic mass is 16.3. The van der Waals surface area contributed by atoms with Gasteiger partial charge in [0.15, 0.2) is 0 Å². The summed E-state index contributed by atoms with van der Waals surface area (Å²) in [6, 6.07) is 0. The molecule has 1 nitrogen and oxygen atoms in total. The summed E-state index contributed by atoms with van der Waals surface area (Å²) in [6.45, 7) is 5.91. The lowest BCUT2D eigenvalue weighted by atomic mass is 10.2. The minimum atomic E-state index is -0.370. The maximum atomic E-state index is 9.61. The third-order valence-corrected chi connectivity index (χ3v) is 2.67.